The van der Waals surface area contributed by atoms with Gasteiger partial charge in [0.15, 0.2) is 5.69 Å². The minimum atomic E-state index is -0.0253. The molecule has 2 fully saturated rings. The average Bonchev–Trinajstić information content (AvgIpc) is 3.19. The quantitative estimate of drug-likeness (QED) is 0.831. The molecule has 0 spiro atoms. The van der Waals surface area contributed by atoms with Gasteiger partial charge in [-0.05, 0) is 18.8 Å². The zero-order valence-corrected chi connectivity index (χ0v) is 11.6. The lowest BCUT2D eigenvalue weighted by Gasteiger charge is -2.54. The van der Waals surface area contributed by atoms with Crippen LogP contribution in [0.2, 0.25) is 0 Å². The minimum Gasteiger partial charge on any atom is -0.480 e. The summed E-state index contributed by atoms with van der Waals surface area (Å²) in [5.74, 6) is 1.03. The lowest BCUT2D eigenvalue weighted by molar-refractivity contribution is -0.0413. The lowest BCUT2D eigenvalue weighted by atomic mass is 9.72. The number of rotatable bonds is 3. The predicted octanol–water partition coefficient (Wildman–Crippen LogP) is 1.75. The minimum absolute atomic E-state index is 0.0253. The van der Waals surface area contributed by atoms with Crippen molar-refractivity contribution in [2.24, 2.45) is 11.3 Å². The first-order valence-electron chi connectivity index (χ1n) is 6.70. The molecule has 2 heterocycles. The van der Waals surface area contributed by atoms with Gasteiger partial charge in [-0.3, -0.25) is 9.78 Å². The van der Waals surface area contributed by atoms with E-state index in [2.05, 4.69) is 23.8 Å². The predicted molar refractivity (Wildman–Crippen MR) is 69.9 cm³/mol. The monoisotopic (exact) mass is 261 g/mol. The average molecular weight is 261 g/mol. The van der Waals surface area contributed by atoms with Gasteiger partial charge < -0.3 is 9.64 Å². The molecule has 19 heavy (non-hydrogen) atoms. The fraction of sp³-hybridized carbons (Fsp3) is 0.643. The number of likely N-dealkylation sites (tertiary alicyclic amines) is 1. The second-order valence-electron chi connectivity index (χ2n) is 6.15. The number of aromatic nitrogens is 2. The Balaban J connectivity index is 1.80. The van der Waals surface area contributed by atoms with Crippen molar-refractivity contribution in [1.29, 1.82) is 0 Å². The summed E-state index contributed by atoms with van der Waals surface area (Å²) in [5, 5.41) is 0. The van der Waals surface area contributed by atoms with Crippen molar-refractivity contribution in [2.75, 3.05) is 13.7 Å². The summed E-state index contributed by atoms with van der Waals surface area (Å²) in [6.07, 6.45) is 5.50. The third-order valence-corrected chi connectivity index (χ3v) is 4.08. The molecule has 1 unspecified atom stereocenters. The van der Waals surface area contributed by atoms with Crippen LogP contribution >= 0.6 is 0 Å². The van der Waals surface area contributed by atoms with E-state index in [0.29, 0.717) is 23.5 Å². The maximum atomic E-state index is 12.5. The Morgan fingerprint density at radius 3 is 2.74 bits per heavy atom. The van der Waals surface area contributed by atoms with Crippen LogP contribution in [0.1, 0.15) is 37.2 Å². The standard InChI is InChI=1S/C14H19N3O2/c1-14(2)8-17(12(14)9-4-5-9)13(18)10-6-15-7-11(16-10)19-3/h6-7,9,12H,4-5,8H2,1-3H3. The van der Waals surface area contributed by atoms with Gasteiger partial charge in [0.05, 0.1) is 19.5 Å². The van der Waals surface area contributed by atoms with Crippen molar-refractivity contribution in [3.8, 4) is 5.88 Å². The van der Waals surface area contributed by atoms with Crippen LogP contribution in [0.5, 0.6) is 5.88 Å². The molecule has 0 radical (unpaired) electrons. The van der Waals surface area contributed by atoms with E-state index in [1.165, 1.54) is 32.3 Å². The van der Waals surface area contributed by atoms with Crippen molar-refractivity contribution in [2.45, 2.75) is 32.7 Å². The summed E-state index contributed by atoms with van der Waals surface area (Å²) in [6.45, 7) is 5.26. The Morgan fingerprint density at radius 1 is 1.42 bits per heavy atom. The molecule has 1 aromatic heterocycles. The third-order valence-electron chi connectivity index (χ3n) is 4.08. The molecule has 0 N–H and O–H groups in total. The van der Waals surface area contributed by atoms with Crippen molar-refractivity contribution in [1.82, 2.24) is 14.9 Å². The van der Waals surface area contributed by atoms with Crippen molar-refractivity contribution in [3.05, 3.63) is 18.1 Å². The number of carbonyl (C=O) groups is 1. The number of carbonyl (C=O) groups excluding carboxylic acids is 1. The van der Waals surface area contributed by atoms with Gasteiger partial charge in [0.1, 0.15) is 0 Å². The molecule has 0 bridgehead atoms. The van der Waals surface area contributed by atoms with Crippen LogP contribution < -0.4 is 4.74 Å². The summed E-state index contributed by atoms with van der Waals surface area (Å²) < 4.78 is 5.02. The van der Waals surface area contributed by atoms with Crippen molar-refractivity contribution in [3.63, 3.8) is 0 Å². The number of amides is 1. The van der Waals surface area contributed by atoms with E-state index < -0.39 is 0 Å². The molecule has 5 nitrogen and oxygen atoms in total. The molecule has 5 heteroatoms. The molecule has 1 saturated heterocycles. The number of hydrogen-bond donors (Lipinski definition) is 0. The first kappa shape index (κ1) is 12.4. The number of methoxy groups -OCH3 is 1. The SMILES string of the molecule is COc1cncc(C(=O)N2CC(C)(C)C2C2CC2)n1. The zero-order chi connectivity index (χ0) is 13.6. The number of nitrogens with zero attached hydrogens (tertiary/aromatic N) is 3. The third kappa shape index (κ3) is 2.07. The molecule has 2 aliphatic rings. The summed E-state index contributed by atoms with van der Waals surface area (Å²) in [6, 6.07) is 0.355. The first-order chi connectivity index (χ1) is 9.03. The molecule has 1 aliphatic carbocycles. The van der Waals surface area contributed by atoms with Gasteiger partial charge in [-0.25, -0.2) is 4.98 Å². The Hall–Kier alpha value is -1.65. The molecule has 1 atom stereocenters. The van der Waals surface area contributed by atoms with Gasteiger partial charge in [-0.15, -0.1) is 0 Å². The Kier molecular flexibility index (Phi) is 2.73. The maximum absolute atomic E-state index is 12.5. The van der Waals surface area contributed by atoms with Crippen molar-refractivity contribution < 1.29 is 9.53 Å². The molecule has 102 valence electrons. The smallest absolute Gasteiger partial charge is 0.274 e. The fourth-order valence-corrected chi connectivity index (χ4v) is 3.14. The summed E-state index contributed by atoms with van der Waals surface area (Å²) in [5.41, 5.74) is 0.601. The summed E-state index contributed by atoms with van der Waals surface area (Å²) in [7, 11) is 1.53. The maximum Gasteiger partial charge on any atom is 0.274 e. The van der Waals surface area contributed by atoms with Crippen LogP contribution in [0.4, 0.5) is 0 Å². The van der Waals surface area contributed by atoms with Gasteiger partial charge >= 0.3 is 0 Å². The molecule has 1 aliphatic heterocycles. The topological polar surface area (TPSA) is 55.3 Å². The zero-order valence-electron chi connectivity index (χ0n) is 11.6. The van der Waals surface area contributed by atoms with Crippen LogP contribution in [-0.2, 0) is 0 Å². The van der Waals surface area contributed by atoms with Crippen LogP contribution in [0.3, 0.4) is 0 Å². The van der Waals surface area contributed by atoms with Gasteiger partial charge in [-0.1, -0.05) is 13.8 Å². The van der Waals surface area contributed by atoms with Gasteiger partial charge in [0.2, 0.25) is 5.88 Å². The van der Waals surface area contributed by atoms with E-state index in [9.17, 15) is 4.79 Å². The van der Waals surface area contributed by atoms with Crippen LogP contribution in [-0.4, -0.2) is 40.5 Å². The summed E-state index contributed by atoms with van der Waals surface area (Å²) >= 11 is 0. The molecule has 1 amide bonds. The van der Waals surface area contributed by atoms with Crippen LogP contribution in [0.15, 0.2) is 12.4 Å². The largest absolute Gasteiger partial charge is 0.480 e. The Labute approximate surface area is 113 Å². The van der Waals surface area contributed by atoms with E-state index in [-0.39, 0.29) is 11.3 Å². The highest BCUT2D eigenvalue weighted by molar-refractivity contribution is 5.93. The molecule has 1 aromatic rings. The van der Waals surface area contributed by atoms with Gasteiger partial charge in [-0.2, -0.15) is 0 Å². The molecular weight excluding hydrogens is 242 g/mol. The fourth-order valence-electron chi connectivity index (χ4n) is 3.14. The highest BCUT2D eigenvalue weighted by atomic mass is 16.5. The molecule has 3 rings (SSSR count). The Morgan fingerprint density at radius 2 is 2.16 bits per heavy atom. The van der Waals surface area contributed by atoms with E-state index in [1.807, 2.05) is 4.90 Å². The first-order valence-corrected chi connectivity index (χ1v) is 6.70. The summed E-state index contributed by atoms with van der Waals surface area (Å²) in [4.78, 5) is 22.6. The van der Waals surface area contributed by atoms with E-state index >= 15 is 0 Å². The Bertz CT molecular complexity index is 511. The molecular formula is C14H19N3O2. The highest BCUT2D eigenvalue weighted by Gasteiger charge is 2.54. The van der Waals surface area contributed by atoms with Crippen molar-refractivity contribution >= 4 is 5.91 Å². The van der Waals surface area contributed by atoms with E-state index in [1.54, 1.807) is 0 Å². The van der Waals surface area contributed by atoms with E-state index in [4.69, 9.17) is 4.74 Å². The molecule has 1 saturated carbocycles. The second kappa shape index (κ2) is 4.18. The lowest BCUT2D eigenvalue weighted by Crippen LogP contribution is -2.64. The number of hydrogen-bond acceptors (Lipinski definition) is 4. The van der Waals surface area contributed by atoms with E-state index in [0.717, 1.165) is 6.54 Å². The normalized spacial score (nSPS) is 24.8. The second-order valence-corrected chi connectivity index (χ2v) is 6.15. The van der Waals surface area contributed by atoms with Gasteiger partial charge in [0.25, 0.3) is 5.91 Å². The molecule has 0 aromatic carbocycles. The van der Waals surface area contributed by atoms with Crippen LogP contribution in [0, 0.1) is 11.3 Å². The van der Waals surface area contributed by atoms with Crippen LogP contribution in [0.25, 0.3) is 0 Å². The number of ether oxygens (including phenoxy) is 1. The van der Waals surface area contributed by atoms with Gasteiger partial charge in [0, 0.05) is 18.0 Å². The highest BCUT2D eigenvalue weighted by Crippen LogP contribution is 2.50.